The molecular formula is C7H11ClZr-2. The summed E-state index contributed by atoms with van der Waals surface area (Å²) < 4.78 is 0. The van der Waals surface area contributed by atoms with Gasteiger partial charge in [-0.25, -0.2) is 11.6 Å². The predicted octanol–water partition coefficient (Wildman–Crippen LogP) is 2.62. The molecule has 0 nitrogen and oxygen atoms in total. The van der Waals surface area contributed by atoms with E-state index < -0.39 is 0 Å². The molecule has 0 aromatic rings. The first kappa shape index (κ1) is 12.3. The van der Waals surface area contributed by atoms with Crippen molar-refractivity contribution in [2.45, 2.75) is 20.3 Å². The van der Waals surface area contributed by atoms with Crippen molar-refractivity contribution in [3.63, 3.8) is 0 Å². The van der Waals surface area contributed by atoms with Crippen LogP contribution < -0.4 is 0 Å². The molecule has 0 atom stereocenters. The van der Waals surface area contributed by atoms with Crippen molar-refractivity contribution >= 4 is 12.4 Å². The fraction of sp³-hybridized carbons (Fsp3) is 0.429. The first-order valence-corrected chi connectivity index (χ1v) is 2.53. The van der Waals surface area contributed by atoms with Crippen molar-refractivity contribution in [3.05, 3.63) is 23.3 Å². The molecule has 0 spiro atoms. The first-order valence-electron chi connectivity index (χ1n) is 2.53. The van der Waals surface area contributed by atoms with E-state index in [0.717, 1.165) is 6.42 Å². The van der Waals surface area contributed by atoms with Gasteiger partial charge in [-0.2, -0.15) is 5.57 Å². The smallest absolute Gasteiger partial charge is 0 e. The Bertz CT molecular complexity index is 141. The minimum Gasteiger partial charge on any atom is -1.00 e. The summed E-state index contributed by atoms with van der Waals surface area (Å²) in [5.41, 5.74) is 2.85. The number of hydrogen-bond donors (Lipinski definition) is 0. The van der Waals surface area contributed by atoms with Crippen LogP contribution in [0.5, 0.6) is 0 Å². The topological polar surface area (TPSA) is 0 Å². The third kappa shape index (κ3) is 3.37. The summed E-state index contributed by atoms with van der Waals surface area (Å²) in [5, 5.41) is 0. The predicted molar refractivity (Wildman–Crippen MR) is 39.2 cm³/mol. The minimum absolute atomic E-state index is 0. The van der Waals surface area contributed by atoms with Crippen LogP contribution in [0.4, 0.5) is 0 Å². The number of allylic oxidation sites excluding steroid dienone is 4. The fourth-order valence-electron chi connectivity index (χ4n) is 0.620. The summed E-state index contributed by atoms with van der Waals surface area (Å²) in [6, 6.07) is 0. The van der Waals surface area contributed by atoms with Gasteiger partial charge in [-0.15, -0.1) is 25.8 Å². The first-order chi connectivity index (χ1) is 3.30. The van der Waals surface area contributed by atoms with Crippen molar-refractivity contribution < 1.29 is 27.6 Å². The van der Waals surface area contributed by atoms with Crippen molar-refractivity contribution in [2.75, 3.05) is 0 Å². The normalized spacial score (nSPS) is 14.9. The molecule has 52 valence electrons. The largest absolute Gasteiger partial charge is 1.00 e. The van der Waals surface area contributed by atoms with E-state index in [4.69, 9.17) is 0 Å². The maximum atomic E-state index is 3.12. The third-order valence-electron chi connectivity index (χ3n) is 1.36. The molecule has 9 heavy (non-hydrogen) atoms. The molecule has 2 heteroatoms. The summed E-state index contributed by atoms with van der Waals surface area (Å²) in [6.45, 7) is 4.27. The van der Waals surface area contributed by atoms with Gasteiger partial charge in [-0.05, 0) is 0 Å². The van der Waals surface area contributed by atoms with E-state index in [-0.39, 0.29) is 40.0 Å². The van der Waals surface area contributed by atoms with Crippen molar-refractivity contribution in [1.29, 1.82) is 0 Å². The van der Waals surface area contributed by atoms with Crippen LogP contribution in [0.15, 0.2) is 17.2 Å². The van der Waals surface area contributed by atoms with Crippen LogP contribution in [0, 0.1) is 6.08 Å². The Hall–Kier alpha value is 0.653. The van der Waals surface area contributed by atoms with Crippen LogP contribution >= 0.6 is 12.4 Å². The van der Waals surface area contributed by atoms with Gasteiger partial charge >= 0.3 is 0 Å². The van der Waals surface area contributed by atoms with Crippen molar-refractivity contribution in [2.24, 2.45) is 0 Å². The Morgan fingerprint density at radius 1 is 1.56 bits per heavy atom. The fourth-order valence-corrected chi connectivity index (χ4v) is 0.620. The van der Waals surface area contributed by atoms with E-state index >= 15 is 0 Å². The van der Waals surface area contributed by atoms with Gasteiger partial charge in [-0.1, -0.05) is 6.92 Å². The third-order valence-corrected chi connectivity index (χ3v) is 1.36. The molecule has 1 aliphatic carbocycles. The maximum absolute atomic E-state index is 3.12. The average Bonchev–Trinajstić information content (AvgIpc) is 1.91. The molecule has 0 saturated heterocycles. The molecule has 0 aliphatic heterocycles. The van der Waals surface area contributed by atoms with Gasteiger partial charge in [-0.3, -0.25) is 6.08 Å². The second-order valence-corrected chi connectivity index (χ2v) is 1.99. The Morgan fingerprint density at radius 2 is 2.11 bits per heavy atom. The van der Waals surface area contributed by atoms with Crippen LogP contribution in [0.3, 0.4) is 0 Å². The van der Waals surface area contributed by atoms with Gasteiger partial charge in [0, 0.05) is 26.2 Å². The maximum Gasteiger partial charge on any atom is 0 e. The summed E-state index contributed by atoms with van der Waals surface area (Å²) >= 11 is 0. The molecule has 1 aliphatic rings. The molecule has 0 bridgehead atoms. The second-order valence-electron chi connectivity index (χ2n) is 1.99. The van der Waals surface area contributed by atoms with E-state index in [2.05, 4.69) is 26.0 Å². The van der Waals surface area contributed by atoms with Gasteiger partial charge in [0.15, 0.2) is 0 Å². The number of rotatable bonds is 0. The Labute approximate surface area is 83.4 Å². The molecular weight excluding hydrogens is 211 g/mol. The van der Waals surface area contributed by atoms with Crippen LogP contribution in [-0.4, -0.2) is 0 Å². The minimum atomic E-state index is 0. The summed E-state index contributed by atoms with van der Waals surface area (Å²) in [4.78, 5) is 0. The molecule has 0 unspecified atom stereocenters. The summed E-state index contributed by atoms with van der Waals surface area (Å²) in [7, 11) is 0. The summed E-state index contributed by atoms with van der Waals surface area (Å²) in [6.07, 6.45) is 6.22. The second kappa shape index (κ2) is 5.44. The zero-order chi connectivity index (χ0) is 5.28. The van der Waals surface area contributed by atoms with Gasteiger partial charge < -0.3 is 1.43 Å². The molecule has 0 aromatic carbocycles. The van der Waals surface area contributed by atoms with Gasteiger partial charge in [0.1, 0.15) is 0 Å². The zero-order valence-corrected chi connectivity index (χ0v) is 8.97. The molecule has 0 N–H and O–H groups in total. The number of hydrogen-bond acceptors (Lipinski definition) is 0. The summed E-state index contributed by atoms with van der Waals surface area (Å²) in [5.74, 6) is 0. The molecule has 0 saturated carbocycles. The molecule has 0 amide bonds. The zero-order valence-electron chi connectivity index (χ0n) is 6.69. The molecule has 0 radical (unpaired) electrons. The van der Waals surface area contributed by atoms with Crippen LogP contribution in [0.1, 0.15) is 21.7 Å². The van der Waals surface area contributed by atoms with E-state index in [1.54, 1.807) is 0 Å². The van der Waals surface area contributed by atoms with Crippen LogP contribution in [0.2, 0.25) is 0 Å². The van der Waals surface area contributed by atoms with E-state index in [0.29, 0.717) is 0 Å². The SMILES string of the molecule is CC1=C(C)C[C-]=C1.Cl.[H-].[Zr]. The molecule has 1 rings (SSSR count). The monoisotopic (exact) mass is 220 g/mol. The van der Waals surface area contributed by atoms with Gasteiger partial charge in [0.05, 0.1) is 0 Å². The Balaban J connectivity index is -0.000000163. The molecule has 0 aromatic heterocycles. The van der Waals surface area contributed by atoms with Gasteiger partial charge in [0.2, 0.25) is 0 Å². The standard InChI is InChI=1S/C7H9.ClH.Zr.H/c1-6-4-3-5-7(6)2;;;/h4H,5H2,1-2H3;1H;;/q-1;;;-1. The average molecular weight is 222 g/mol. The molecule has 0 fully saturated rings. The van der Waals surface area contributed by atoms with E-state index in [1.165, 1.54) is 11.1 Å². The Morgan fingerprint density at radius 3 is 2.22 bits per heavy atom. The van der Waals surface area contributed by atoms with Gasteiger partial charge in [0.25, 0.3) is 0 Å². The van der Waals surface area contributed by atoms with E-state index in [1.807, 2.05) is 0 Å². The van der Waals surface area contributed by atoms with Crippen molar-refractivity contribution in [3.8, 4) is 0 Å². The quantitative estimate of drug-likeness (QED) is 0.552. The van der Waals surface area contributed by atoms with Crippen LogP contribution in [0.25, 0.3) is 0 Å². The molecule has 0 heterocycles. The van der Waals surface area contributed by atoms with E-state index in [9.17, 15) is 0 Å². The van der Waals surface area contributed by atoms with Crippen LogP contribution in [-0.2, 0) is 26.2 Å². The number of halogens is 1. The van der Waals surface area contributed by atoms with Crippen molar-refractivity contribution in [1.82, 2.24) is 0 Å². The Kier molecular flexibility index (Phi) is 7.46.